The number of amides is 2. The topological polar surface area (TPSA) is 113 Å². The Morgan fingerprint density at radius 2 is 1.92 bits per heavy atom. The van der Waals surface area contributed by atoms with Crippen LogP contribution in [0.5, 0.6) is 0 Å². The molecule has 1 aliphatic rings. The maximum Gasteiger partial charge on any atom is 0.286 e. The molecule has 0 aromatic carbocycles. The van der Waals surface area contributed by atoms with Crippen molar-refractivity contribution in [2.45, 2.75) is 24.7 Å². The van der Waals surface area contributed by atoms with E-state index in [0.717, 1.165) is 0 Å². The molecule has 1 rings (SSSR count). The van der Waals surface area contributed by atoms with Gasteiger partial charge in [-0.1, -0.05) is 0 Å². The van der Waals surface area contributed by atoms with Crippen molar-refractivity contribution < 1.29 is 19.8 Å². The van der Waals surface area contributed by atoms with Crippen LogP contribution in [0.2, 0.25) is 0 Å². The minimum Gasteiger partial charge on any atom is -0.358 e. The summed E-state index contributed by atoms with van der Waals surface area (Å²) in [5.74, 6) is -4.38. The number of nitrogens with two attached hydrogens (primary N) is 1. The highest BCUT2D eigenvalue weighted by Crippen LogP contribution is 2.21. The van der Waals surface area contributed by atoms with E-state index in [-0.39, 0.29) is 0 Å². The molecule has 1 atom stereocenters. The predicted octanol–water partition coefficient (Wildman–Crippen LogP) is -2.57. The van der Waals surface area contributed by atoms with E-state index in [4.69, 9.17) is 15.9 Å². The molecule has 0 bridgehead atoms. The lowest BCUT2D eigenvalue weighted by Gasteiger charge is -2.35. The smallest absolute Gasteiger partial charge is 0.286 e. The quantitative estimate of drug-likeness (QED) is 0.238. The van der Waals surface area contributed by atoms with Gasteiger partial charge in [-0.25, -0.2) is 0 Å². The fourth-order valence-electron chi connectivity index (χ4n) is 1.02. The van der Waals surface area contributed by atoms with Crippen LogP contribution >= 0.6 is 0 Å². The predicted molar refractivity (Wildman–Crippen MR) is 37.5 cm³/mol. The van der Waals surface area contributed by atoms with Crippen molar-refractivity contribution in [1.82, 2.24) is 5.32 Å². The zero-order valence-electron chi connectivity index (χ0n) is 6.50. The van der Waals surface area contributed by atoms with Gasteiger partial charge in [-0.05, 0) is 6.92 Å². The van der Waals surface area contributed by atoms with E-state index < -0.39 is 29.6 Å². The second-order valence-corrected chi connectivity index (χ2v) is 3.19. The summed E-state index contributed by atoms with van der Waals surface area (Å²) in [5, 5.41) is 19.8. The van der Waals surface area contributed by atoms with Gasteiger partial charge in [0.15, 0.2) is 0 Å². The summed E-state index contributed by atoms with van der Waals surface area (Å²) >= 11 is 0. The van der Waals surface area contributed by atoms with E-state index in [0.29, 0.717) is 0 Å². The molecule has 0 radical (unpaired) electrons. The average molecular weight is 174 g/mol. The monoisotopic (exact) mass is 174 g/mol. The molecule has 0 spiro atoms. The summed E-state index contributed by atoms with van der Waals surface area (Å²) < 4.78 is 0. The van der Waals surface area contributed by atoms with Crippen LogP contribution in [0, 0.1) is 0 Å². The van der Waals surface area contributed by atoms with Crippen molar-refractivity contribution >= 4 is 11.8 Å². The van der Waals surface area contributed by atoms with Gasteiger partial charge in [-0.2, -0.15) is 0 Å². The first-order valence-corrected chi connectivity index (χ1v) is 3.35. The summed E-state index contributed by atoms with van der Waals surface area (Å²) in [4.78, 5) is 21.7. The standard InChI is InChI=1S/C6H10N2O4/c1-5(7)2-6(11,12)4(10)8-3(5)9/h11-12H,2,7H2,1H3,(H,8,9,10). The van der Waals surface area contributed by atoms with Crippen molar-refractivity contribution in [2.75, 3.05) is 0 Å². The van der Waals surface area contributed by atoms with E-state index in [2.05, 4.69) is 0 Å². The zero-order valence-corrected chi connectivity index (χ0v) is 6.50. The number of aliphatic hydroxyl groups is 2. The number of hydrogen-bond donors (Lipinski definition) is 4. The number of nitrogens with one attached hydrogen (secondary N) is 1. The molecule has 5 N–H and O–H groups in total. The van der Waals surface area contributed by atoms with E-state index in [1.54, 1.807) is 5.32 Å². The Hall–Kier alpha value is -0.980. The van der Waals surface area contributed by atoms with Crippen LogP contribution < -0.4 is 11.1 Å². The molecule has 0 aromatic rings. The molecule has 1 unspecified atom stereocenters. The molecule has 1 fully saturated rings. The van der Waals surface area contributed by atoms with Crippen molar-refractivity contribution in [3.63, 3.8) is 0 Å². The Labute approximate surface area is 68.4 Å². The number of imide groups is 1. The summed E-state index contributed by atoms with van der Waals surface area (Å²) in [6, 6.07) is 0. The molecule has 1 aliphatic heterocycles. The van der Waals surface area contributed by atoms with Gasteiger partial charge < -0.3 is 15.9 Å². The van der Waals surface area contributed by atoms with Gasteiger partial charge in [0.05, 0.1) is 5.54 Å². The Balaban J connectivity index is 2.93. The fraction of sp³-hybridized carbons (Fsp3) is 0.667. The normalized spacial score (nSPS) is 34.7. The van der Waals surface area contributed by atoms with Crippen LogP contribution in [0.25, 0.3) is 0 Å². The fourth-order valence-corrected chi connectivity index (χ4v) is 1.02. The number of carbonyl (C=O) groups excluding carboxylic acids is 2. The molecule has 2 amide bonds. The van der Waals surface area contributed by atoms with Gasteiger partial charge in [0.2, 0.25) is 11.7 Å². The van der Waals surface area contributed by atoms with Crippen molar-refractivity contribution in [1.29, 1.82) is 0 Å². The Morgan fingerprint density at radius 1 is 1.42 bits per heavy atom. The summed E-state index contributed by atoms with van der Waals surface area (Å²) in [6.45, 7) is 1.32. The molecule has 68 valence electrons. The van der Waals surface area contributed by atoms with Crippen LogP contribution in [0.1, 0.15) is 13.3 Å². The molecule has 6 heteroatoms. The van der Waals surface area contributed by atoms with Crippen LogP contribution in [-0.2, 0) is 9.59 Å². The summed E-state index contributed by atoms with van der Waals surface area (Å²) in [6.07, 6.45) is -0.495. The number of hydrogen-bond acceptors (Lipinski definition) is 5. The zero-order chi connectivity index (χ0) is 9.57. The molecule has 12 heavy (non-hydrogen) atoms. The van der Waals surface area contributed by atoms with E-state index >= 15 is 0 Å². The van der Waals surface area contributed by atoms with E-state index in [1.165, 1.54) is 6.92 Å². The Morgan fingerprint density at radius 3 is 2.33 bits per heavy atom. The highest BCUT2D eigenvalue weighted by atomic mass is 16.5. The third kappa shape index (κ3) is 1.31. The Kier molecular flexibility index (Phi) is 1.71. The molecule has 0 aliphatic carbocycles. The molecular weight excluding hydrogens is 164 g/mol. The minimum atomic E-state index is -2.54. The van der Waals surface area contributed by atoms with Crippen LogP contribution in [-0.4, -0.2) is 33.4 Å². The number of rotatable bonds is 0. The lowest BCUT2D eigenvalue weighted by molar-refractivity contribution is -0.200. The van der Waals surface area contributed by atoms with Gasteiger partial charge >= 0.3 is 0 Å². The molecule has 0 aromatic heterocycles. The SMILES string of the molecule is CC1(N)CC(O)(O)C(=O)NC1=O. The number of piperidine rings is 1. The highest BCUT2D eigenvalue weighted by Gasteiger charge is 2.49. The molecule has 1 saturated heterocycles. The first-order chi connectivity index (χ1) is 5.26. The van der Waals surface area contributed by atoms with Crippen molar-refractivity contribution in [3.8, 4) is 0 Å². The third-order valence-corrected chi connectivity index (χ3v) is 1.72. The minimum absolute atomic E-state index is 0.495. The summed E-state index contributed by atoms with van der Waals surface area (Å²) in [5.41, 5.74) is 3.96. The third-order valence-electron chi connectivity index (χ3n) is 1.72. The molecule has 0 saturated carbocycles. The second kappa shape index (κ2) is 2.25. The molecule has 6 nitrogen and oxygen atoms in total. The van der Waals surface area contributed by atoms with Crippen molar-refractivity contribution in [2.24, 2.45) is 5.73 Å². The maximum atomic E-state index is 10.9. The lowest BCUT2D eigenvalue weighted by atomic mass is 9.88. The van der Waals surface area contributed by atoms with Crippen LogP contribution in [0.15, 0.2) is 0 Å². The van der Waals surface area contributed by atoms with E-state index in [1.807, 2.05) is 0 Å². The maximum absolute atomic E-state index is 10.9. The average Bonchev–Trinajstić information content (AvgIpc) is 1.82. The summed E-state index contributed by atoms with van der Waals surface area (Å²) in [7, 11) is 0. The molecular formula is C6H10N2O4. The lowest BCUT2D eigenvalue weighted by Crippen LogP contribution is -2.67. The van der Waals surface area contributed by atoms with Gasteiger partial charge in [0.25, 0.3) is 5.91 Å². The largest absolute Gasteiger partial charge is 0.358 e. The van der Waals surface area contributed by atoms with Crippen LogP contribution in [0.4, 0.5) is 0 Å². The van der Waals surface area contributed by atoms with Crippen LogP contribution in [0.3, 0.4) is 0 Å². The second-order valence-electron chi connectivity index (χ2n) is 3.19. The highest BCUT2D eigenvalue weighted by molar-refractivity contribution is 6.05. The van der Waals surface area contributed by atoms with Gasteiger partial charge in [-0.3, -0.25) is 14.9 Å². The molecule has 1 heterocycles. The Bertz CT molecular complexity index is 222. The van der Waals surface area contributed by atoms with Gasteiger partial charge in [0.1, 0.15) is 0 Å². The first-order valence-electron chi connectivity index (χ1n) is 3.35. The first kappa shape index (κ1) is 9.11. The van der Waals surface area contributed by atoms with Gasteiger partial charge in [0, 0.05) is 6.42 Å². The van der Waals surface area contributed by atoms with Crippen molar-refractivity contribution in [3.05, 3.63) is 0 Å². The number of carbonyl (C=O) groups is 2. The van der Waals surface area contributed by atoms with Gasteiger partial charge in [-0.15, -0.1) is 0 Å². The van der Waals surface area contributed by atoms with E-state index in [9.17, 15) is 9.59 Å².